The fourth-order valence-electron chi connectivity index (χ4n) is 2.62. The molecule has 0 saturated carbocycles. The fourth-order valence-corrected chi connectivity index (χ4v) is 3.40. The zero-order valence-corrected chi connectivity index (χ0v) is 16.5. The van der Waals surface area contributed by atoms with Crippen molar-refractivity contribution >= 4 is 29.3 Å². The van der Waals surface area contributed by atoms with Crippen LogP contribution in [0.25, 0.3) is 11.3 Å². The van der Waals surface area contributed by atoms with Crippen LogP contribution in [0.5, 0.6) is 0 Å². The summed E-state index contributed by atoms with van der Waals surface area (Å²) in [6, 6.07) is 17.2. The zero-order chi connectivity index (χ0) is 19.9. The summed E-state index contributed by atoms with van der Waals surface area (Å²) in [6.45, 7) is 2.05. The van der Waals surface area contributed by atoms with E-state index < -0.39 is 0 Å². The Morgan fingerprint density at radius 3 is 2.50 bits per heavy atom. The maximum absolute atomic E-state index is 12.2. The highest BCUT2D eigenvalue weighted by Crippen LogP contribution is 2.26. The first-order valence-electron chi connectivity index (χ1n) is 8.74. The van der Waals surface area contributed by atoms with Crippen LogP contribution in [-0.4, -0.2) is 34.3 Å². The molecule has 144 valence electrons. The van der Waals surface area contributed by atoms with Gasteiger partial charge >= 0.3 is 5.97 Å². The van der Waals surface area contributed by atoms with Crippen molar-refractivity contribution < 1.29 is 14.3 Å². The number of nitrogens with one attached hydrogen (secondary N) is 1. The van der Waals surface area contributed by atoms with Gasteiger partial charge in [0.05, 0.1) is 24.8 Å². The normalized spacial score (nSPS) is 10.5. The minimum atomic E-state index is -0.373. The molecule has 0 atom stereocenters. The van der Waals surface area contributed by atoms with Crippen LogP contribution in [-0.2, 0) is 20.9 Å². The molecule has 0 saturated heterocycles. The summed E-state index contributed by atoms with van der Waals surface area (Å²) >= 11 is 1.28. The van der Waals surface area contributed by atoms with Crippen molar-refractivity contribution in [1.82, 2.24) is 9.55 Å². The maximum Gasteiger partial charge on any atom is 0.325 e. The summed E-state index contributed by atoms with van der Waals surface area (Å²) in [7, 11) is 1.35. The summed E-state index contributed by atoms with van der Waals surface area (Å²) in [5, 5.41) is 3.43. The number of nitrogens with zero attached hydrogens (tertiary/aromatic N) is 2. The van der Waals surface area contributed by atoms with Gasteiger partial charge in [-0.3, -0.25) is 9.59 Å². The number of carbonyl (C=O) groups excluding carboxylic acids is 2. The van der Waals surface area contributed by atoms with E-state index in [1.54, 1.807) is 10.8 Å². The molecule has 2 aromatic carbocycles. The molecule has 0 radical (unpaired) electrons. The molecule has 1 N–H and O–H groups in total. The van der Waals surface area contributed by atoms with Gasteiger partial charge in [-0.1, -0.05) is 59.8 Å². The van der Waals surface area contributed by atoms with E-state index in [0.717, 1.165) is 22.5 Å². The minimum absolute atomic E-state index is 0.0301. The number of hydrogen-bond donors (Lipinski definition) is 1. The van der Waals surface area contributed by atoms with Crippen LogP contribution in [0.2, 0.25) is 0 Å². The predicted molar refractivity (Wildman–Crippen MR) is 110 cm³/mol. The second-order valence-corrected chi connectivity index (χ2v) is 7.10. The van der Waals surface area contributed by atoms with Gasteiger partial charge in [0.2, 0.25) is 5.91 Å². The van der Waals surface area contributed by atoms with Crippen LogP contribution in [0.1, 0.15) is 5.56 Å². The van der Waals surface area contributed by atoms with Crippen molar-refractivity contribution in [2.24, 2.45) is 0 Å². The minimum Gasteiger partial charge on any atom is -0.468 e. The Kier molecular flexibility index (Phi) is 6.49. The molecule has 1 amide bonds. The Hall–Kier alpha value is -3.06. The Labute approximate surface area is 167 Å². The van der Waals surface area contributed by atoms with Crippen LogP contribution < -0.4 is 5.32 Å². The zero-order valence-electron chi connectivity index (χ0n) is 15.7. The van der Waals surface area contributed by atoms with E-state index in [2.05, 4.69) is 10.3 Å². The molecule has 3 rings (SSSR count). The molecule has 0 aliphatic rings. The summed E-state index contributed by atoms with van der Waals surface area (Å²) < 4.78 is 6.59. The van der Waals surface area contributed by atoms with Crippen molar-refractivity contribution in [2.75, 3.05) is 18.2 Å². The van der Waals surface area contributed by atoms with Gasteiger partial charge in [0.25, 0.3) is 0 Å². The standard InChI is InChI=1S/C21H21N3O3S/c1-15-8-10-16(11-9-15)18-12-22-21(24(18)13-20(26)27-2)28-14-19(25)23-17-6-4-3-5-7-17/h3-12H,13-14H2,1-2H3,(H,23,25). The van der Waals surface area contributed by atoms with Crippen LogP contribution >= 0.6 is 11.8 Å². The van der Waals surface area contributed by atoms with Crippen molar-refractivity contribution in [2.45, 2.75) is 18.6 Å². The van der Waals surface area contributed by atoms with E-state index in [9.17, 15) is 9.59 Å². The summed E-state index contributed by atoms with van der Waals surface area (Å²) in [5.74, 6) is -0.330. The summed E-state index contributed by atoms with van der Waals surface area (Å²) in [5.41, 5.74) is 3.64. The molecule has 7 heteroatoms. The number of imidazole rings is 1. The quantitative estimate of drug-likeness (QED) is 0.487. The van der Waals surface area contributed by atoms with Crippen LogP contribution in [0, 0.1) is 6.92 Å². The molecular weight excluding hydrogens is 374 g/mol. The second kappa shape index (κ2) is 9.23. The van der Waals surface area contributed by atoms with Gasteiger partial charge in [-0.25, -0.2) is 4.98 Å². The number of para-hydroxylation sites is 1. The van der Waals surface area contributed by atoms with Crippen molar-refractivity contribution in [1.29, 1.82) is 0 Å². The number of rotatable bonds is 7. The van der Waals surface area contributed by atoms with Crippen LogP contribution in [0.4, 0.5) is 5.69 Å². The largest absolute Gasteiger partial charge is 0.468 e. The van der Waals surface area contributed by atoms with Crippen LogP contribution in [0.3, 0.4) is 0 Å². The smallest absolute Gasteiger partial charge is 0.325 e. The van der Waals surface area contributed by atoms with E-state index in [1.807, 2.05) is 61.5 Å². The molecule has 28 heavy (non-hydrogen) atoms. The number of esters is 1. The van der Waals surface area contributed by atoms with Gasteiger partial charge in [-0.05, 0) is 24.6 Å². The van der Waals surface area contributed by atoms with Crippen molar-refractivity contribution in [3.05, 3.63) is 66.4 Å². The molecule has 0 aliphatic carbocycles. The van der Waals surface area contributed by atoms with Crippen molar-refractivity contribution in [3.63, 3.8) is 0 Å². The van der Waals surface area contributed by atoms with Gasteiger partial charge in [0, 0.05) is 5.69 Å². The summed E-state index contributed by atoms with van der Waals surface area (Å²) in [6.07, 6.45) is 1.71. The molecular formula is C21H21N3O3S. The van der Waals surface area contributed by atoms with Gasteiger partial charge in [-0.2, -0.15) is 0 Å². The topological polar surface area (TPSA) is 73.2 Å². The van der Waals surface area contributed by atoms with E-state index >= 15 is 0 Å². The molecule has 1 heterocycles. The monoisotopic (exact) mass is 395 g/mol. The van der Waals surface area contributed by atoms with E-state index in [-0.39, 0.29) is 24.2 Å². The number of anilines is 1. The number of benzene rings is 2. The number of hydrogen-bond acceptors (Lipinski definition) is 5. The van der Waals surface area contributed by atoms with Crippen molar-refractivity contribution in [3.8, 4) is 11.3 Å². The number of amides is 1. The van der Waals surface area contributed by atoms with E-state index in [1.165, 1.54) is 18.9 Å². The van der Waals surface area contributed by atoms with Gasteiger partial charge < -0.3 is 14.6 Å². The maximum atomic E-state index is 12.2. The highest BCUT2D eigenvalue weighted by atomic mass is 32.2. The number of methoxy groups -OCH3 is 1. The molecule has 0 fully saturated rings. The third kappa shape index (κ3) is 5.01. The Morgan fingerprint density at radius 1 is 1.11 bits per heavy atom. The molecule has 0 aliphatic heterocycles. The number of carbonyl (C=O) groups is 2. The van der Waals surface area contributed by atoms with Crippen LogP contribution in [0.15, 0.2) is 66.0 Å². The predicted octanol–water partition coefficient (Wildman–Crippen LogP) is 3.76. The molecule has 0 unspecified atom stereocenters. The number of aromatic nitrogens is 2. The molecule has 6 nitrogen and oxygen atoms in total. The number of aryl methyl sites for hydroxylation is 1. The molecule has 0 spiro atoms. The lowest BCUT2D eigenvalue weighted by atomic mass is 10.1. The fraction of sp³-hybridized carbons (Fsp3) is 0.190. The third-order valence-corrected chi connectivity index (χ3v) is 5.06. The Morgan fingerprint density at radius 2 is 1.82 bits per heavy atom. The third-order valence-electron chi connectivity index (χ3n) is 4.07. The average Bonchev–Trinajstić information content (AvgIpc) is 3.10. The van der Waals surface area contributed by atoms with E-state index in [4.69, 9.17) is 4.74 Å². The first-order chi connectivity index (χ1) is 13.6. The van der Waals surface area contributed by atoms with E-state index in [0.29, 0.717) is 5.16 Å². The molecule has 0 bridgehead atoms. The second-order valence-electron chi connectivity index (χ2n) is 6.16. The Bertz CT molecular complexity index is 953. The van der Waals surface area contributed by atoms with Gasteiger partial charge in [0.1, 0.15) is 6.54 Å². The molecule has 3 aromatic rings. The number of ether oxygens (including phenoxy) is 1. The lowest BCUT2D eigenvalue weighted by Gasteiger charge is -2.11. The summed E-state index contributed by atoms with van der Waals surface area (Å²) in [4.78, 5) is 28.5. The highest BCUT2D eigenvalue weighted by Gasteiger charge is 2.16. The van der Waals surface area contributed by atoms with Gasteiger partial charge in [0.15, 0.2) is 5.16 Å². The Balaban J connectivity index is 1.77. The number of thioether (sulfide) groups is 1. The highest BCUT2D eigenvalue weighted by molar-refractivity contribution is 7.99. The first-order valence-corrected chi connectivity index (χ1v) is 9.72. The lowest BCUT2D eigenvalue weighted by Crippen LogP contribution is -2.16. The SMILES string of the molecule is COC(=O)Cn1c(-c2ccc(C)cc2)cnc1SCC(=O)Nc1ccccc1. The molecule has 1 aromatic heterocycles. The van der Waals surface area contributed by atoms with Gasteiger partial charge in [-0.15, -0.1) is 0 Å². The lowest BCUT2D eigenvalue weighted by molar-refractivity contribution is -0.141. The average molecular weight is 395 g/mol. The first kappa shape index (κ1) is 19.7.